The summed E-state index contributed by atoms with van der Waals surface area (Å²) in [7, 11) is 0. The zero-order chi connectivity index (χ0) is 18.1. The van der Waals surface area contributed by atoms with Crippen molar-refractivity contribution in [2.75, 3.05) is 0 Å². The lowest BCUT2D eigenvalue weighted by molar-refractivity contribution is 0.0696. The molecule has 6 nitrogen and oxygen atoms in total. The highest BCUT2D eigenvalue weighted by atomic mass is 32.2. The molecular formula is C18H14N2O4S. The number of nitrogens with zero attached hydrogens (tertiary/aromatic N) is 2. The van der Waals surface area contributed by atoms with Gasteiger partial charge in [-0.25, -0.2) is 9.59 Å². The minimum atomic E-state index is -1.13. The van der Waals surface area contributed by atoms with E-state index < -0.39 is 11.9 Å². The van der Waals surface area contributed by atoms with Crippen molar-refractivity contribution in [3.8, 4) is 0 Å². The smallest absolute Gasteiger partial charge is 0.335 e. The molecule has 0 radical (unpaired) electrons. The first-order valence-electron chi connectivity index (χ1n) is 7.11. The van der Waals surface area contributed by atoms with Gasteiger partial charge in [0.15, 0.2) is 0 Å². The van der Waals surface area contributed by atoms with Crippen molar-refractivity contribution < 1.29 is 19.8 Å². The molecule has 0 aliphatic heterocycles. The van der Waals surface area contributed by atoms with Crippen LogP contribution in [-0.2, 0) is 0 Å². The Bertz CT molecular complexity index is 775. The number of pyridine rings is 2. The van der Waals surface area contributed by atoms with E-state index in [9.17, 15) is 9.59 Å². The minimum absolute atomic E-state index is 0.0186. The van der Waals surface area contributed by atoms with Crippen LogP contribution in [0.25, 0.3) is 0 Å². The summed E-state index contributed by atoms with van der Waals surface area (Å²) in [5.74, 6) is -2.25. The van der Waals surface area contributed by atoms with Gasteiger partial charge in [-0.1, -0.05) is 17.8 Å². The van der Waals surface area contributed by atoms with Crippen molar-refractivity contribution in [2.24, 2.45) is 0 Å². The molecular weight excluding hydrogens is 340 g/mol. The fourth-order valence-electron chi connectivity index (χ4n) is 1.73. The molecule has 2 N–H and O–H groups in total. The molecule has 0 saturated heterocycles. The second-order valence-corrected chi connectivity index (χ2v) is 5.81. The first-order valence-corrected chi connectivity index (χ1v) is 7.92. The number of aromatic nitrogens is 2. The number of carbonyl (C=O) groups is 2. The summed E-state index contributed by atoms with van der Waals surface area (Å²) >= 11 is 1.71. The third-order valence-electron chi connectivity index (χ3n) is 2.89. The summed E-state index contributed by atoms with van der Waals surface area (Å²) in [6.45, 7) is 0. The van der Waals surface area contributed by atoms with Gasteiger partial charge in [0.1, 0.15) is 0 Å². The fraction of sp³-hybridized carbons (Fsp3) is 0. The van der Waals surface area contributed by atoms with Crippen LogP contribution in [0, 0.1) is 0 Å². The maximum Gasteiger partial charge on any atom is 0.335 e. The van der Waals surface area contributed by atoms with Crippen LogP contribution in [0.2, 0.25) is 0 Å². The Morgan fingerprint density at radius 1 is 0.720 bits per heavy atom. The fourth-order valence-corrected chi connectivity index (χ4v) is 2.52. The molecule has 7 heteroatoms. The van der Waals surface area contributed by atoms with Gasteiger partial charge < -0.3 is 10.2 Å². The summed E-state index contributed by atoms with van der Waals surface area (Å²) in [5, 5.41) is 17.0. The van der Waals surface area contributed by atoms with Crippen LogP contribution in [0.1, 0.15) is 20.7 Å². The molecule has 0 atom stereocenters. The van der Waals surface area contributed by atoms with Crippen molar-refractivity contribution in [2.45, 2.75) is 9.79 Å². The summed E-state index contributed by atoms with van der Waals surface area (Å²) in [6, 6.07) is 13.2. The van der Waals surface area contributed by atoms with Gasteiger partial charge in [0, 0.05) is 34.6 Å². The van der Waals surface area contributed by atoms with Gasteiger partial charge >= 0.3 is 11.9 Å². The Morgan fingerprint density at radius 3 is 1.48 bits per heavy atom. The van der Waals surface area contributed by atoms with Crippen molar-refractivity contribution >= 4 is 23.7 Å². The number of hydrogen-bond donors (Lipinski definition) is 2. The molecule has 126 valence electrons. The molecule has 0 saturated carbocycles. The van der Waals surface area contributed by atoms with Crippen LogP contribution in [0.4, 0.5) is 0 Å². The highest BCUT2D eigenvalue weighted by Crippen LogP contribution is 2.25. The van der Waals surface area contributed by atoms with Gasteiger partial charge in [-0.3, -0.25) is 9.97 Å². The lowest BCUT2D eigenvalue weighted by atomic mass is 10.1. The van der Waals surface area contributed by atoms with E-state index in [-0.39, 0.29) is 11.1 Å². The molecule has 0 spiro atoms. The number of rotatable bonds is 4. The summed E-state index contributed by atoms with van der Waals surface area (Å²) < 4.78 is 0. The summed E-state index contributed by atoms with van der Waals surface area (Å²) in [4.78, 5) is 31.1. The normalized spacial score (nSPS) is 9.60. The van der Waals surface area contributed by atoms with E-state index in [0.29, 0.717) is 0 Å². The Balaban J connectivity index is 0.000000181. The second-order valence-electron chi connectivity index (χ2n) is 4.66. The van der Waals surface area contributed by atoms with Crippen LogP contribution in [0.5, 0.6) is 0 Å². The number of carboxylic acid groups (broad SMARTS) is 2. The van der Waals surface area contributed by atoms with Gasteiger partial charge in [-0.2, -0.15) is 0 Å². The van der Waals surface area contributed by atoms with Gasteiger partial charge in [0.25, 0.3) is 0 Å². The Kier molecular flexibility index (Phi) is 6.67. The van der Waals surface area contributed by atoms with Gasteiger partial charge in [0.05, 0.1) is 11.1 Å². The van der Waals surface area contributed by atoms with Crippen LogP contribution < -0.4 is 0 Å². The van der Waals surface area contributed by atoms with Gasteiger partial charge in [-0.15, -0.1) is 0 Å². The average Bonchev–Trinajstić information content (AvgIpc) is 2.64. The summed E-state index contributed by atoms with van der Waals surface area (Å²) in [6.07, 6.45) is 7.18. The van der Waals surface area contributed by atoms with E-state index in [4.69, 9.17) is 10.2 Å². The van der Waals surface area contributed by atoms with Crippen LogP contribution in [0.3, 0.4) is 0 Å². The molecule has 2 aromatic heterocycles. The number of benzene rings is 1. The molecule has 3 aromatic rings. The van der Waals surface area contributed by atoms with E-state index >= 15 is 0 Å². The first-order chi connectivity index (χ1) is 12.1. The predicted molar refractivity (Wildman–Crippen MR) is 93.0 cm³/mol. The standard InChI is InChI=1S/C10H8N2S.C8H6O4/c1-5-11-6-2-9(1)13-10-3-7-12-8-4-10;9-7(10)5-2-1-3-6(4-5)8(11)12/h1-8H;1-4H,(H,9,10)(H,11,12). The molecule has 0 aliphatic rings. The zero-order valence-electron chi connectivity index (χ0n) is 12.9. The lowest BCUT2D eigenvalue weighted by Gasteiger charge is -1.98. The Labute approximate surface area is 148 Å². The molecule has 0 aliphatic carbocycles. The van der Waals surface area contributed by atoms with E-state index in [1.165, 1.54) is 28.0 Å². The van der Waals surface area contributed by atoms with Crippen LogP contribution >= 0.6 is 11.8 Å². The highest BCUT2D eigenvalue weighted by Gasteiger charge is 2.06. The molecule has 25 heavy (non-hydrogen) atoms. The van der Waals surface area contributed by atoms with Crippen molar-refractivity contribution in [3.63, 3.8) is 0 Å². The quantitative estimate of drug-likeness (QED) is 0.736. The maximum atomic E-state index is 10.4. The molecule has 0 fully saturated rings. The number of hydrogen-bond acceptors (Lipinski definition) is 5. The average molecular weight is 354 g/mol. The van der Waals surface area contributed by atoms with Crippen molar-refractivity contribution in [1.82, 2.24) is 9.97 Å². The van der Waals surface area contributed by atoms with Gasteiger partial charge in [0.2, 0.25) is 0 Å². The van der Waals surface area contributed by atoms with Gasteiger partial charge in [-0.05, 0) is 42.5 Å². The van der Waals surface area contributed by atoms with Crippen molar-refractivity contribution in [3.05, 3.63) is 84.4 Å². The molecule has 1 aromatic carbocycles. The number of aromatic carboxylic acids is 2. The molecule has 0 bridgehead atoms. The molecule has 3 rings (SSSR count). The predicted octanol–water partition coefficient (Wildman–Crippen LogP) is 3.71. The molecule has 2 heterocycles. The Hall–Kier alpha value is -3.19. The van der Waals surface area contributed by atoms with Crippen LogP contribution in [-0.4, -0.2) is 32.1 Å². The first kappa shape index (κ1) is 18.2. The maximum absolute atomic E-state index is 10.4. The SMILES string of the molecule is O=C(O)c1cccc(C(=O)O)c1.c1cc(Sc2ccncc2)ccn1. The molecule has 0 amide bonds. The van der Waals surface area contributed by atoms with E-state index in [0.717, 1.165) is 6.07 Å². The minimum Gasteiger partial charge on any atom is -0.478 e. The largest absolute Gasteiger partial charge is 0.478 e. The number of carboxylic acids is 2. The second kappa shape index (κ2) is 9.19. The topological polar surface area (TPSA) is 100 Å². The Morgan fingerprint density at radius 2 is 1.12 bits per heavy atom. The van der Waals surface area contributed by atoms with E-state index in [2.05, 4.69) is 9.97 Å². The van der Waals surface area contributed by atoms with Crippen molar-refractivity contribution in [1.29, 1.82) is 0 Å². The third-order valence-corrected chi connectivity index (χ3v) is 3.91. The zero-order valence-corrected chi connectivity index (χ0v) is 13.8. The van der Waals surface area contributed by atoms with E-state index in [1.54, 1.807) is 36.5 Å². The lowest BCUT2D eigenvalue weighted by Crippen LogP contribution is -2.01. The highest BCUT2D eigenvalue weighted by molar-refractivity contribution is 7.99. The van der Waals surface area contributed by atoms with E-state index in [1.807, 2.05) is 24.3 Å². The molecule has 0 unspecified atom stereocenters. The summed E-state index contributed by atoms with van der Waals surface area (Å²) in [5.41, 5.74) is -0.0372. The van der Waals surface area contributed by atoms with Crippen LogP contribution in [0.15, 0.2) is 83.1 Å². The third kappa shape index (κ3) is 6.08. The monoisotopic (exact) mass is 354 g/mol.